The van der Waals surface area contributed by atoms with Gasteiger partial charge in [-0.1, -0.05) is 200 Å². The predicted octanol–water partition coefficient (Wildman–Crippen LogP) is 15.9. The van der Waals surface area contributed by atoms with Gasteiger partial charge in [0.1, 0.15) is 5.58 Å². The third-order valence-corrected chi connectivity index (χ3v) is 12.8. The van der Waals surface area contributed by atoms with Gasteiger partial charge in [0.15, 0.2) is 5.58 Å². The van der Waals surface area contributed by atoms with Crippen LogP contribution in [0.5, 0.6) is 0 Å². The number of rotatable bonds is 7. The Kier molecular flexibility index (Phi) is 8.11. The number of fused-ring (bicyclic) bond motifs is 8. The van der Waals surface area contributed by atoms with Crippen molar-refractivity contribution in [1.29, 1.82) is 0 Å². The monoisotopic (exact) mass is 777 g/mol. The van der Waals surface area contributed by atoms with E-state index < -0.39 is 5.41 Å². The molecule has 0 aliphatic heterocycles. The summed E-state index contributed by atoms with van der Waals surface area (Å²) in [5.41, 5.74) is 16.9. The Morgan fingerprint density at radius 1 is 0.328 bits per heavy atom. The molecule has 12 rings (SSSR count). The van der Waals surface area contributed by atoms with Crippen LogP contribution in [0, 0.1) is 0 Å². The minimum atomic E-state index is -0.455. The topological polar surface area (TPSA) is 16.4 Å². The summed E-state index contributed by atoms with van der Waals surface area (Å²) >= 11 is 0. The Balaban J connectivity index is 1.03. The minimum absolute atomic E-state index is 0.455. The molecule has 2 heteroatoms. The SMILES string of the molecule is c1ccc(-c2ccc(N(c3ccc(-c4cccc5c4-c4ccccc4C5(c4ccccc4)c4ccccc4)cc3)c3cccc4c3oc3c5ccccc5ccc43)cc2)cc1. The van der Waals surface area contributed by atoms with Gasteiger partial charge in [0.25, 0.3) is 0 Å². The summed E-state index contributed by atoms with van der Waals surface area (Å²) in [4.78, 5) is 2.34. The molecule has 0 spiro atoms. The molecule has 0 saturated carbocycles. The van der Waals surface area contributed by atoms with Crippen LogP contribution in [0.2, 0.25) is 0 Å². The zero-order valence-corrected chi connectivity index (χ0v) is 33.4. The largest absolute Gasteiger partial charge is 0.453 e. The van der Waals surface area contributed by atoms with Gasteiger partial charge in [0.2, 0.25) is 0 Å². The summed E-state index contributed by atoms with van der Waals surface area (Å²) in [6.07, 6.45) is 0. The van der Waals surface area contributed by atoms with Crippen molar-refractivity contribution in [3.05, 3.63) is 259 Å². The van der Waals surface area contributed by atoms with E-state index in [9.17, 15) is 0 Å². The number of para-hydroxylation sites is 1. The van der Waals surface area contributed by atoms with E-state index in [-0.39, 0.29) is 0 Å². The molecule has 0 bridgehead atoms. The normalized spacial score (nSPS) is 12.7. The van der Waals surface area contributed by atoms with Crippen molar-refractivity contribution in [1.82, 2.24) is 0 Å². The summed E-state index contributed by atoms with van der Waals surface area (Å²) in [7, 11) is 0. The van der Waals surface area contributed by atoms with E-state index in [1.807, 2.05) is 0 Å². The van der Waals surface area contributed by atoms with Gasteiger partial charge >= 0.3 is 0 Å². The van der Waals surface area contributed by atoms with Gasteiger partial charge in [-0.15, -0.1) is 0 Å². The molecule has 2 nitrogen and oxygen atoms in total. The molecule has 0 fully saturated rings. The van der Waals surface area contributed by atoms with Crippen LogP contribution >= 0.6 is 0 Å². The molecule has 61 heavy (non-hydrogen) atoms. The van der Waals surface area contributed by atoms with E-state index in [1.165, 1.54) is 61.0 Å². The second kappa shape index (κ2) is 14.1. The lowest BCUT2D eigenvalue weighted by Gasteiger charge is -2.34. The van der Waals surface area contributed by atoms with Crippen molar-refractivity contribution in [2.45, 2.75) is 5.41 Å². The smallest absolute Gasteiger partial charge is 0.159 e. The zero-order valence-electron chi connectivity index (χ0n) is 33.4. The fourth-order valence-electron chi connectivity index (χ4n) is 10.1. The van der Waals surface area contributed by atoms with Gasteiger partial charge < -0.3 is 9.32 Å². The van der Waals surface area contributed by atoms with Gasteiger partial charge in [-0.2, -0.15) is 0 Å². The molecule has 11 aromatic rings. The van der Waals surface area contributed by atoms with Crippen LogP contribution in [0.25, 0.3) is 66.1 Å². The van der Waals surface area contributed by atoms with Crippen LogP contribution in [0.1, 0.15) is 22.3 Å². The molecular weight excluding hydrogens is 739 g/mol. The standard InChI is InChI=1S/C59H39NO/c1-4-16-40(17-5-1)41-30-35-46(36-31-41)60(55-29-15-26-50-51-39-34-42-18-10-11-23-49(42)57(51)61-58(50)55)47-37-32-43(33-38-47)48-25-14-28-54-56(48)52-24-12-13-27-53(52)59(54,44-19-6-2-7-20-44)45-21-8-3-9-22-45/h1-39H. The van der Waals surface area contributed by atoms with Crippen molar-refractivity contribution < 1.29 is 4.42 Å². The third kappa shape index (κ3) is 5.43. The molecule has 0 atom stereocenters. The average Bonchev–Trinajstić information content (AvgIpc) is 3.88. The number of anilines is 3. The van der Waals surface area contributed by atoms with E-state index in [0.717, 1.165) is 44.4 Å². The zero-order chi connectivity index (χ0) is 40.3. The van der Waals surface area contributed by atoms with Crippen LogP contribution in [0.15, 0.2) is 241 Å². The van der Waals surface area contributed by atoms with Gasteiger partial charge in [0, 0.05) is 27.5 Å². The van der Waals surface area contributed by atoms with Crippen molar-refractivity contribution in [2.75, 3.05) is 4.90 Å². The first-order valence-electron chi connectivity index (χ1n) is 21.0. The second-order valence-electron chi connectivity index (χ2n) is 16.0. The van der Waals surface area contributed by atoms with Crippen molar-refractivity contribution in [2.24, 2.45) is 0 Å². The first kappa shape index (κ1) is 35.0. The Labute approximate surface area is 355 Å². The molecular formula is C59H39NO. The lowest BCUT2D eigenvalue weighted by Crippen LogP contribution is -2.28. The Bertz CT molecular complexity index is 3350. The van der Waals surface area contributed by atoms with Crippen LogP contribution in [-0.4, -0.2) is 0 Å². The molecule has 0 amide bonds. The van der Waals surface area contributed by atoms with Crippen molar-refractivity contribution >= 4 is 49.8 Å². The molecule has 0 unspecified atom stereocenters. The summed E-state index contributed by atoms with van der Waals surface area (Å²) in [6.45, 7) is 0. The maximum Gasteiger partial charge on any atom is 0.159 e. The van der Waals surface area contributed by atoms with Crippen LogP contribution in [-0.2, 0) is 5.41 Å². The van der Waals surface area contributed by atoms with Gasteiger partial charge in [-0.05, 0) is 97.4 Å². The van der Waals surface area contributed by atoms with E-state index in [0.29, 0.717) is 0 Å². The molecule has 1 aliphatic rings. The maximum absolute atomic E-state index is 6.94. The number of hydrogen-bond acceptors (Lipinski definition) is 2. The van der Waals surface area contributed by atoms with Crippen LogP contribution in [0.4, 0.5) is 17.1 Å². The maximum atomic E-state index is 6.94. The summed E-state index contributed by atoms with van der Waals surface area (Å²) in [6, 6.07) is 85.8. The number of hydrogen-bond donors (Lipinski definition) is 0. The average molecular weight is 778 g/mol. The molecule has 1 aliphatic carbocycles. The van der Waals surface area contributed by atoms with Crippen LogP contribution < -0.4 is 4.90 Å². The second-order valence-corrected chi connectivity index (χ2v) is 16.0. The Morgan fingerprint density at radius 2 is 0.852 bits per heavy atom. The number of benzene rings is 10. The Hall–Kier alpha value is -7.94. The highest BCUT2D eigenvalue weighted by Crippen LogP contribution is 2.58. The molecule has 10 aromatic carbocycles. The fraction of sp³-hybridized carbons (Fsp3) is 0.0169. The highest BCUT2D eigenvalue weighted by Gasteiger charge is 2.46. The van der Waals surface area contributed by atoms with Crippen molar-refractivity contribution in [3.8, 4) is 33.4 Å². The van der Waals surface area contributed by atoms with Gasteiger partial charge in [-0.3, -0.25) is 0 Å². The van der Waals surface area contributed by atoms with E-state index >= 15 is 0 Å². The summed E-state index contributed by atoms with van der Waals surface area (Å²) in [5, 5.41) is 4.50. The van der Waals surface area contributed by atoms with Gasteiger partial charge in [-0.25, -0.2) is 0 Å². The quantitative estimate of drug-likeness (QED) is 0.160. The molecule has 1 aromatic heterocycles. The molecule has 286 valence electrons. The van der Waals surface area contributed by atoms with E-state index in [2.05, 4.69) is 241 Å². The highest BCUT2D eigenvalue weighted by molar-refractivity contribution is 6.17. The predicted molar refractivity (Wildman–Crippen MR) is 254 cm³/mol. The van der Waals surface area contributed by atoms with Crippen LogP contribution in [0.3, 0.4) is 0 Å². The van der Waals surface area contributed by atoms with E-state index in [1.54, 1.807) is 0 Å². The third-order valence-electron chi connectivity index (χ3n) is 12.8. The van der Waals surface area contributed by atoms with Gasteiger partial charge in [0.05, 0.1) is 11.1 Å². The summed E-state index contributed by atoms with van der Waals surface area (Å²) in [5.74, 6) is 0. The highest BCUT2D eigenvalue weighted by atomic mass is 16.3. The lowest BCUT2D eigenvalue weighted by molar-refractivity contribution is 0.673. The number of furan rings is 1. The number of nitrogens with zero attached hydrogens (tertiary/aromatic N) is 1. The molecule has 0 radical (unpaired) electrons. The first-order chi connectivity index (χ1) is 30.3. The van der Waals surface area contributed by atoms with Crippen molar-refractivity contribution in [3.63, 3.8) is 0 Å². The Morgan fingerprint density at radius 3 is 1.57 bits per heavy atom. The van der Waals surface area contributed by atoms with E-state index in [4.69, 9.17) is 4.42 Å². The molecule has 0 N–H and O–H groups in total. The lowest BCUT2D eigenvalue weighted by atomic mass is 9.67. The minimum Gasteiger partial charge on any atom is -0.453 e. The molecule has 1 heterocycles. The summed E-state index contributed by atoms with van der Waals surface area (Å²) < 4.78 is 6.94. The first-order valence-corrected chi connectivity index (χ1v) is 21.0. The molecule has 0 saturated heterocycles. The fourth-order valence-corrected chi connectivity index (χ4v) is 10.1.